The number of ether oxygens (including phenoxy) is 1. The Morgan fingerprint density at radius 2 is 1.31 bits per heavy atom. The van der Waals surface area contributed by atoms with Crippen molar-refractivity contribution in [1.29, 1.82) is 0 Å². The molecule has 0 saturated carbocycles. The zero-order chi connectivity index (χ0) is 27.7. The lowest BCUT2D eigenvalue weighted by Crippen LogP contribution is -2.42. The van der Waals surface area contributed by atoms with Crippen LogP contribution >= 0.6 is 0 Å². The normalized spacial score (nSPS) is 22.1. The first-order chi connectivity index (χ1) is 18.7. The van der Waals surface area contributed by atoms with E-state index in [0.717, 1.165) is 16.8 Å². The van der Waals surface area contributed by atoms with Crippen LogP contribution in [0.5, 0.6) is 0 Å². The first-order valence-corrected chi connectivity index (χ1v) is 17.0. The standard InChI is InChI=1S/C33H37N3O2Si/c1-34-30(24-15-9-7-10-16-24)31(25-17-11-8-12-18-25)35(2)32(34)28-23-36(33(37)38-3)29-20-14-13-19-27(29)26(28)21-22-39(4,5)6/h7-20,23,26,30-32H,1-6H3/t26-,30+,31+/m1/s1. The largest absolute Gasteiger partial charge is 0.452 e. The van der Waals surface area contributed by atoms with Gasteiger partial charge in [0.05, 0.1) is 37.0 Å². The summed E-state index contributed by atoms with van der Waals surface area (Å²) in [4.78, 5) is 19.6. The minimum atomic E-state index is -1.66. The fourth-order valence-corrected chi connectivity index (χ4v) is 6.56. The van der Waals surface area contributed by atoms with Crippen molar-refractivity contribution >= 4 is 19.9 Å². The Bertz CT molecular complexity index is 1370. The quantitative estimate of drug-likeness (QED) is 0.273. The maximum absolute atomic E-state index is 13.1. The third-order valence-electron chi connectivity index (χ3n) is 7.61. The van der Waals surface area contributed by atoms with Crippen molar-refractivity contribution in [2.24, 2.45) is 0 Å². The lowest BCUT2D eigenvalue weighted by atomic mass is 9.86. The Balaban J connectivity index is 1.70. The molecule has 3 atom stereocenters. The van der Waals surface area contributed by atoms with Crippen LogP contribution in [-0.4, -0.2) is 51.3 Å². The molecular formula is C33H37N3O2Si. The lowest BCUT2D eigenvalue weighted by molar-refractivity contribution is 0.178. The summed E-state index contributed by atoms with van der Waals surface area (Å²) in [6.07, 6.45) is 1.48. The van der Waals surface area contributed by atoms with Crippen molar-refractivity contribution in [3.8, 4) is 11.5 Å². The molecule has 2 aliphatic rings. The van der Waals surface area contributed by atoms with Crippen LogP contribution in [0.4, 0.5) is 10.5 Å². The summed E-state index contributed by atoms with van der Waals surface area (Å²) in [7, 11) is 4.14. The van der Waals surface area contributed by atoms with E-state index in [9.17, 15) is 4.79 Å². The van der Waals surface area contributed by atoms with Gasteiger partial charge in [0, 0.05) is 6.20 Å². The second-order valence-electron chi connectivity index (χ2n) is 11.4. The van der Waals surface area contributed by atoms with Crippen LogP contribution in [0, 0.1) is 11.5 Å². The number of carbonyl (C=O) groups is 1. The number of hydrogen-bond acceptors (Lipinski definition) is 4. The third kappa shape index (κ3) is 5.18. The number of likely N-dealkylation sites (N-methyl/N-ethyl adjacent to an activating group) is 2. The van der Waals surface area contributed by atoms with Gasteiger partial charge in [0.25, 0.3) is 0 Å². The van der Waals surface area contributed by atoms with Gasteiger partial charge in [-0.1, -0.05) is 104 Å². The smallest absolute Gasteiger partial charge is 0.418 e. The topological polar surface area (TPSA) is 36.0 Å². The molecule has 2 aliphatic heterocycles. The molecule has 0 spiro atoms. The molecular weight excluding hydrogens is 498 g/mol. The van der Waals surface area contributed by atoms with Gasteiger partial charge in [-0.3, -0.25) is 14.7 Å². The average molecular weight is 536 g/mol. The predicted molar refractivity (Wildman–Crippen MR) is 161 cm³/mol. The first-order valence-electron chi connectivity index (χ1n) is 13.5. The molecule has 2 heterocycles. The van der Waals surface area contributed by atoms with Crippen LogP contribution in [0.25, 0.3) is 0 Å². The highest BCUT2D eigenvalue weighted by molar-refractivity contribution is 6.83. The van der Waals surface area contributed by atoms with Crippen molar-refractivity contribution in [2.75, 3.05) is 26.1 Å². The van der Waals surface area contributed by atoms with Gasteiger partial charge in [0.2, 0.25) is 0 Å². The maximum atomic E-state index is 13.1. The molecule has 0 bridgehead atoms. The summed E-state index contributed by atoms with van der Waals surface area (Å²) in [6.45, 7) is 6.80. The molecule has 3 aromatic carbocycles. The number of para-hydroxylation sites is 1. The van der Waals surface area contributed by atoms with E-state index in [2.05, 4.69) is 122 Å². The Morgan fingerprint density at radius 3 is 1.82 bits per heavy atom. The van der Waals surface area contributed by atoms with E-state index in [-0.39, 0.29) is 24.2 Å². The fraction of sp³-hybridized carbons (Fsp3) is 0.303. The molecule has 1 amide bonds. The van der Waals surface area contributed by atoms with E-state index < -0.39 is 14.2 Å². The van der Waals surface area contributed by atoms with Gasteiger partial charge in [-0.2, -0.15) is 0 Å². The Morgan fingerprint density at radius 1 is 0.795 bits per heavy atom. The molecule has 200 valence electrons. The Labute approximate surface area is 233 Å². The van der Waals surface area contributed by atoms with Crippen molar-refractivity contribution in [2.45, 2.75) is 43.8 Å². The van der Waals surface area contributed by atoms with E-state index >= 15 is 0 Å². The van der Waals surface area contributed by atoms with Gasteiger partial charge in [-0.05, 0) is 42.4 Å². The predicted octanol–water partition coefficient (Wildman–Crippen LogP) is 6.81. The van der Waals surface area contributed by atoms with E-state index in [1.165, 1.54) is 18.2 Å². The van der Waals surface area contributed by atoms with E-state index in [1.54, 1.807) is 4.90 Å². The number of nitrogens with zero attached hydrogens (tertiary/aromatic N) is 3. The van der Waals surface area contributed by atoms with Gasteiger partial charge >= 0.3 is 6.09 Å². The van der Waals surface area contributed by atoms with Gasteiger partial charge in [0.1, 0.15) is 8.07 Å². The molecule has 0 unspecified atom stereocenters. The zero-order valence-corrected chi connectivity index (χ0v) is 24.6. The number of hydrogen-bond donors (Lipinski definition) is 0. The summed E-state index contributed by atoms with van der Waals surface area (Å²) in [6, 6.07) is 29.7. The third-order valence-corrected chi connectivity index (χ3v) is 8.50. The minimum absolute atomic E-state index is 0.0955. The summed E-state index contributed by atoms with van der Waals surface area (Å²) in [5, 5.41) is 0. The maximum Gasteiger partial charge on any atom is 0.418 e. The molecule has 0 N–H and O–H groups in total. The second-order valence-corrected chi connectivity index (χ2v) is 16.1. The number of fused-ring (bicyclic) bond motifs is 1. The van der Waals surface area contributed by atoms with Crippen molar-refractivity contribution < 1.29 is 9.53 Å². The lowest BCUT2D eigenvalue weighted by Gasteiger charge is -2.37. The molecule has 5 nitrogen and oxygen atoms in total. The first kappa shape index (κ1) is 27.0. The molecule has 0 aromatic heterocycles. The summed E-state index contributed by atoms with van der Waals surface area (Å²) in [5.74, 6) is 3.54. The van der Waals surface area contributed by atoms with Crippen LogP contribution < -0.4 is 4.90 Å². The van der Waals surface area contributed by atoms with Gasteiger partial charge in [-0.25, -0.2) is 4.79 Å². The van der Waals surface area contributed by atoms with Crippen molar-refractivity contribution in [3.63, 3.8) is 0 Å². The number of methoxy groups -OCH3 is 1. The molecule has 6 heteroatoms. The molecule has 39 heavy (non-hydrogen) atoms. The summed E-state index contributed by atoms with van der Waals surface area (Å²) in [5.41, 5.74) is 9.09. The van der Waals surface area contributed by atoms with Gasteiger partial charge in [0.15, 0.2) is 0 Å². The number of rotatable bonds is 3. The summed E-state index contributed by atoms with van der Waals surface area (Å²) >= 11 is 0. The van der Waals surface area contributed by atoms with E-state index in [0.29, 0.717) is 0 Å². The van der Waals surface area contributed by atoms with Gasteiger partial charge < -0.3 is 4.74 Å². The Kier molecular flexibility index (Phi) is 7.50. The van der Waals surface area contributed by atoms with Crippen molar-refractivity contribution in [1.82, 2.24) is 9.80 Å². The van der Waals surface area contributed by atoms with Crippen LogP contribution in [-0.2, 0) is 4.74 Å². The summed E-state index contributed by atoms with van der Waals surface area (Å²) < 4.78 is 5.23. The second kappa shape index (κ2) is 10.9. The Hall–Kier alpha value is -3.63. The fourth-order valence-electron chi connectivity index (χ4n) is 5.98. The highest BCUT2D eigenvalue weighted by Crippen LogP contribution is 2.50. The molecule has 0 radical (unpaired) electrons. The molecule has 5 rings (SSSR count). The van der Waals surface area contributed by atoms with Crippen LogP contribution in [0.2, 0.25) is 19.6 Å². The average Bonchev–Trinajstić information content (AvgIpc) is 3.20. The highest BCUT2D eigenvalue weighted by Gasteiger charge is 2.48. The van der Waals surface area contributed by atoms with Crippen LogP contribution in [0.15, 0.2) is 96.7 Å². The highest BCUT2D eigenvalue weighted by atomic mass is 28.3. The molecule has 0 aliphatic carbocycles. The number of carbonyl (C=O) groups excluding carboxylic acids is 1. The van der Waals surface area contributed by atoms with E-state index in [1.807, 2.05) is 24.4 Å². The SMILES string of the molecule is COC(=O)N1C=C(C2N(C)[C@@H](c3ccccc3)[C@H](c3ccccc3)N2C)[C@H](C#C[Si](C)(C)C)c2ccccc21. The minimum Gasteiger partial charge on any atom is -0.452 e. The monoisotopic (exact) mass is 535 g/mol. The van der Waals surface area contributed by atoms with Crippen molar-refractivity contribution in [3.05, 3.63) is 113 Å². The van der Waals surface area contributed by atoms with E-state index in [4.69, 9.17) is 4.74 Å². The number of benzene rings is 3. The number of amides is 1. The number of anilines is 1. The zero-order valence-electron chi connectivity index (χ0n) is 23.6. The van der Waals surface area contributed by atoms with Crippen LogP contribution in [0.3, 0.4) is 0 Å². The van der Waals surface area contributed by atoms with Crippen LogP contribution in [0.1, 0.15) is 34.7 Å². The molecule has 3 aromatic rings. The molecule has 1 saturated heterocycles. The van der Waals surface area contributed by atoms with Gasteiger partial charge in [-0.15, -0.1) is 5.54 Å². The molecule has 1 fully saturated rings.